The van der Waals surface area contributed by atoms with Gasteiger partial charge >= 0.3 is 11.7 Å². The van der Waals surface area contributed by atoms with E-state index in [1.807, 2.05) is 18.2 Å². The molecule has 2 heterocycles. The summed E-state index contributed by atoms with van der Waals surface area (Å²) < 4.78 is 7.14. The van der Waals surface area contributed by atoms with Crippen LogP contribution in [0.25, 0.3) is 11.2 Å². The Morgan fingerprint density at radius 1 is 1.22 bits per heavy atom. The Morgan fingerprint density at radius 2 is 2.04 bits per heavy atom. The van der Waals surface area contributed by atoms with E-state index in [0.29, 0.717) is 24.3 Å². The van der Waals surface area contributed by atoms with E-state index in [9.17, 15) is 4.79 Å². The standard InChI is InChI=1S/C19H26N6O2/c1-2-3-12-27-18-23-16(20)15-17(24-18)25(19(26)22-15)11-7-10-21-13-14-8-5-4-6-9-14/h4-6,8-9,21H,2-3,7,10-13H2,1H3,(H,22,26)(H2,20,23,24). The number of hydrogen-bond donors (Lipinski definition) is 3. The van der Waals surface area contributed by atoms with Crippen molar-refractivity contribution in [1.82, 2.24) is 24.8 Å². The summed E-state index contributed by atoms with van der Waals surface area (Å²) in [6.45, 7) is 4.73. The van der Waals surface area contributed by atoms with Crippen LogP contribution >= 0.6 is 0 Å². The zero-order valence-electron chi connectivity index (χ0n) is 15.6. The molecule has 0 atom stereocenters. The van der Waals surface area contributed by atoms with Crippen LogP contribution in [0.2, 0.25) is 0 Å². The van der Waals surface area contributed by atoms with Gasteiger partial charge in [-0.05, 0) is 24.9 Å². The third-order valence-corrected chi connectivity index (χ3v) is 4.27. The third kappa shape index (κ3) is 4.85. The number of hydrogen-bond acceptors (Lipinski definition) is 6. The second kappa shape index (κ2) is 9.18. The molecule has 1 aromatic carbocycles. The minimum Gasteiger partial charge on any atom is -0.463 e. The first kappa shape index (κ1) is 18.9. The number of imidazole rings is 1. The van der Waals surface area contributed by atoms with E-state index in [1.165, 1.54) is 5.56 Å². The van der Waals surface area contributed by atoms with E-state index in [-0.39, 0.29) is 17.5 Å². The van der Waals surface area contributed by atoms with Crippen molar-refractivity contribution in [3.63, 3.8) is 0 Å². The van der Waals surface area contributed by atoms with Gasteiger partial charge in [0, 0.05) is 13.1 Å². The van der Waals surface area contributed by atoms with Crippen LogP contribution in [0, 0.1) is 0 Å². The minimum absolute atomic E-state index is 0.211. The molecule has 3 rings (SSSR count). The fourth-order valence-electron chi connectivity index (χ4n) is 2.80. The number of anilines is 1. The number of rotatable bonds is 10. The molecule has 0 aliphatic carbocycles. The summed E-state index contributed by atoms with van der Waals surface area (Å²) in [7, 11) is 0. The lowest BCUT2D eigenvalue weighted by molar-refractivity contribution is 0.286. The second-order valence-corrected chi connectivity index (χ2v) is 6.39. The van der Waals surface area contributed by atoms with E-state index in [0.717, 1.165) is 32.4 Å². The van der Waals surface area contributed by atoms with Crippen LogP contribution in [0.3, 0.4) is 0 Å². The summed E-state index contributed by atoms with van der Waals surface area (Å²) in [5, 5.41) is 3.38. The normalized spacial score (nSPS) is 11.1. The fraction of sp³-hybridized carbons (Fsp3) is 0.421. The smallest absolute Gasteiger partial charge is 0.327 e. The number of nitrogens with zero attached hydrogens (tertiary/aromatic N) is 3. The van der Waals surface area contributed by atoms with Crippen LogP contribution in [0.4, 0.5) is 5.82 Å². The number of benzene rings is 1. The molecule has 0 amide bonds. The lowest BCUT2D eigenvalue weighted by Gasteiger charge is -2.07. The van der Waals surface area contributed by atoms with E-state index in [4.69, 9.17) is 10.5 Å². The van der Waals surface area contributed by atoms with Crippen LogP contribution < -0.4 is 21.5 Å². The topological polar surface area (TPSA) is 111 Å². The van der Waals surface area contributed by atoms with Gasteiger partial charge in [0.05, 0.1) is 6.61 Å². The van der Waals surface area contributed by atoms with Gasteiger partial charge in [0.15, 0.2) is 11.5 Å². The van der Waals surface area contributed by atoms with Crippen LogP contribution in [0.15, 0.2) is 35.1 Å². The first-order valence-electron chi connectivity index (χ1n) is 9.32. The molecule has 4 N–H and O–H groups in total. The molecule has 0 aliphatic rings. The predicted octanol–water partition coefficient (Wildman–Crippen LogP) is 2.06. The summed E-state index contributed by atoms with van der Waals surface area (Å²) in [5.74, 6) is 0.226. The Kier molecular flexibility index (Phi) is 6.43. The zero-order chi connectivity index (χ0) is 19.1. The van der Waals surface area contributed by atoms with Crippen molar-refractivity contribution in [2.24, 2.45) is 0 Å². The van der Waals surface area contributed by atoms with Crippen LogP contribution in [-0.4, -0.2) is 32.7 Å². The molecule has 0 radical (unpaired) electrons. The van der Waals surface area contributed by atoms with E-state index in [2.05, 4.69) is 39.3 Å². The largest absolute Gasteiger partial charge is 0.463 e. The van der Waals surface area contributed by atoms with Crippen molar-refractivity contribution in [3.05, 3.63) is 46.4 Å². The number of aromatic amines is 1. The summed E-state index contributed by atoms with van der Waals surface area (Å²) in [6, 6.07) is 10.4. The number of nitrogens with two attached hydrogens (primary N) is 1. The highest BCUT2D eigenvalue weighted by Crippen LogP contribution is 2.18. The molecule has 0 saturated heterocycles. The number of aryl methyl sites for hydroxylation is 1. The number of nitrogens with one attached hydrogen (secondary N) is 2. The summed E-state index contributed by atoms with van der Waals surface area (Å²) in [5.41, 5.74) is 7.90. The number of nitrogen functional groups attached to an aromatic ring is 1. The van der Waals surface area contributed by atoms with Gasteiger partial charge in [-0.15, -0.1) is 0 Å². The summed E-state index contributed by atoms with van der Waals surface area (Å²) in [6.07, 6.45) is 2.71. The molecular formula is C19H26N6O2. The van der Waals surface area contributed by atoms with Gasteiger partial charge in [-0.25, -0.2) is 4.79 Å². The Balaban J connectivity index is 1.62. The van der Waals surface area contributed by atoms with Crippen molar-refractivity contribution in [2.45, 2.75) is 39.3 Å². The first-order valence-corrected chi connectivity index (χ1v) is 9.32. The minimum atomic E-state index is -0.236. The Labute approximate surface area is 157 Å². The molecule has 144 valence electrons. The highest BCUT2D eigenvalue weighted by molar-refractivity contribution is 5.81. The van der Waals surface area contributed by atoms with Crippen molar-refractivity contribution in [1.29, 1.82) is 0 Å². The molecule has 0 unspecified atom stereocenters. The average Bonchev–Trinajstić information content (AvgIpc) is 2.99. The Morgan fingerprint density at radius 3 is 2.81 bits per heavy atom. The molecule has 0 saturated carbocycles. The molecule has 0 aliphatic heterocycles. The Bertz CT molecular complexity index is 919. The van der Waals surface area contributed by atoms with Gasteiger partial charge in [0.2, 0.25) is 0 Å². The summed E-state index contributed by atoms with van der Waals surface area (Å²) >= 11 is 0. The van der Waals surface area contributed by atoms with E-state index in [1.54, 1.807) is 4.57 Å². The predicted molar refractivity (Wildman–Crippen MR) is 106 cm³/mol. The van der Waals surface area contributed by atoms with Gasteiger partial charge in [-0.1, -0.05) is 43.7 Å². The molecule has 0 bridgehead atoms. The molecule has 27 heavy (non-hydrogen) atoms. The maximum absolute atomic E-state index is 12.3. The summed E-state index contributed by atoms with van der Waals surface area (Å²) in [4.78, 5) is 23.5. The first-order chi connectivity index (χ1) is 13.2. The maximum atomic E-state index is 12.3. The van der Waals surface area contributed by atoms with Crippen molar-refractivity contribution in [3.8, 4) is 6.01 Å². The van der Waals surface area contributed by atoms with Gasteiger partial charge in [-0.2, -0.15) is 9.97 Å². The number of aromatic nitrogens is 4. The highest BCUT2D eigenvalue weighted by atomic mass is 16.5. The molecule has 2 aromatic heterocycles. The van der Waals surface area contributed by atoms with Crippen LogP contribution in [-0.2, 0) is 13.1 Å². The third-order valence-electron chi connectivity index (χ3n) is 4.27. The second-order valence-electron chi connectivity index (χ2n) is 6.39. The van der Waals surface area contributed by atoms with E-state index < -0.39 is 0 Å². The van der Waals surface area contributed by atoms with Gasteiger partial charge in [0.1, 0.15) is 5.52 Å². The Hall–Kier alpha value is -2.87. The van der Waals surface area contributed by atoms with Gasteiger partial charge in [-0.3, -0.25) is 4.57 Å². The molecule has 8 nitrogen and oxygen atoms in total. The van der Waals surface area contributed by atoms with E-state index >= 15 is 0 Å². The molecule has 8 heteroatoms. The number of ether oxygens (including phenoxy) is 1. The lowest BCUT2D eigenvalue weighted by Crippen LogP contribution is -2.21. The lowest BCUT2D eigenvalue weighted by atomic mass is 10.2. The van der Waals surface area contributed by atoms with Crippen molar-refractivity contribution < 1.29 is 4.74 Å². The average molecular weight is 370 g/mol. The van der Waals surface area contributed by atoms with Crippen molar-refractivity contribution in [2.75, 3.05) is 18.9 Å². The van der Waals surface area contributed by atoms with Crippen molar-refractivity contribution >= 4 is 17.0 Å². The highest BCUT2D eigenvalue weighted by Gasteiger charge is 2.14. The molecule has 3 aromatic rings. The number of H-pyrrole nitrogens is 1. The van der Waals surface area contributed by atoms with Gasteiger partial charge in [0.25, 0.3) is 0 Å². The fourth-order valence-corrected chi connectivity index (χ4v) is 2.80. The van der Waals surface area contributed by atoms with Crippen LogP contribution in [0.5, 0.6) is 6.01 Å². The zero-order valence-corrected chi connectivity index (χ0v) is 15.6. The van der Waals surface area contributed by atoms with Crippen LogP contribution in [0.1, 0.15) is 31.7 Å². The maximum Gasteiger partial charge on any atom is 0.327 e. The molecule has 0 spiro atoms. The monoisotopic (exact) mass is 370 g/mol. The SMILES string of the molecule is CCCCOc1nc(N)c2[nH]c(=O)n(CCCNCc3ccccc3)c2n1. The molecular weight excluding hydrogens is 344 g/mol. The number of fused-ring (bicyclic) bond motifs is 1. The molecule has 0 fully saturated rings. The van der Waals surface area contributed by atoms with Gasteiger partial charge < -0.3 is 20.8 Å². The quantitative estimate of drug-likeness (QED) is 0.471. The number of unbranched alkanes of at least 4 members (excludes halogenated alkanes) is 1.